The van der Waals surface area contributed by atoms with Crippen LogP contribution in [-0.2, 0) is 14.4 Å². The van der Waals surface area contributed by atoms with Crippen LogP contribution in [0.4, 0.5) is 0 Å². The Balaban J connectivity index is 4.30. The van der Waals surface area contributed by atoms with Gasteiger partial charge >= 0.3 is 5.97 Å². The van der Waals surface area contributed by atoms with Crippen LogP contribution in [0, 0.1) is 5.92 Å². The van der Waals surface area contributed by atoms with Crippen LogP contribution in [0.2, 0.25) is 0 Å². The topological polar surface area (TPSA) is 83.5 Å². The number of carbonyl (C=O) groups is 3. The lowest BCUT2D eigenvalue weighted by Crippen LogP contribution is -2.39. The van der Waals surface area contributed by atoms with Crippen molar-refractivity contribution in [2.75, 3.05) is 6.54 Å². The van der Waals surface area contributed by atoms with Gasteiger partial charge in [0.15, 0.2) is 4.84 Å². The van der Waals surface area contributed by atoms with Gasteiger partial charge in [-0.3, -0.25) is 14.4 Å². The van der Waals surface area contributed by atoms with E-state index in [1.807, 2.05) is 0 Å². The van der Waals surface area contributed by atoms with Crippen LogP contribution >= 0.6 is 23.2 Å². The van der Waals surface area contributed by atoms with Crippen molar-refractivity contribution in [3.63, 3.8) is 0 Å². The molecule has 1 atom stereocenters. The molecule has 0 rings (SSSR count). The summed E-state index contributed by atoms with van der Waals surface area (Å²) < 4.78 is 0. The molecule has 0 spiro atoms. The molecule has 5 nitrogen and oxygen atoms in total. The van der Waals surface area contributed by atoms with Crippen molar-refractivity contribution in [3.8, 4) is 0 Å². The number of ketones is 1. The standard InChI is InChI=1S/C9H13Cl2NO4/c1-2-3-6(13)5(9(15)16)4-12-8(14)7(10)11/h5,7H,2-4H2,1H3,(H,12,14)(H,15,16). The third kappa shape index (κ3) is 5.32. The van der Waals surface area contributed by atoms with Gasteiger partial charge in [0.25, 0.3) is 5.91 Å². The highest BCUT2D eigenvalue weighted by Gasteiger charge is 2.26. The van der Waals surface area contributed by atoms with Crippen molar-refractivity contribution in [3.05, 3.63) is 0 Å². The van der Waals surface area contributed by atoms with Gasteiger partial charge in [0, 0.05) is 13.0 Å². The number of carboxylic acid groups (broad SMARTS) is 1. The molecule has 0 radical (unpaired) electrons. The number of Topliss-reactive ketones (excluding diaryl/α,β-unsaturated/α-hetero) is 1. The van der Waals surface area contributed by atoms with Gasteiger partial charge in [-0.15, -0.1) is 0 Å². The number of carbonyl (C=O) groups excluding carboxylic acids is 2. The Morgan fingerprint density at radius 3 is 2.25 bits per heavy atom. The van der Waals surface area contributed by atoms with Crippen molar-refractivity contribution < 1.29 is 19.5 Å². The first-order chi connectivity index (χ1) is 7.40. The van der Waals surface area contributed by atoms with E-state index in [9.17, 15) is 14.4 Å². The molecule has 0 heterocycles. The number of alkyl halides is 2. The Labute approximate surface area is 103 Å². The molecule has 0 aliphatic heterocycles. The Morgan fingerprint density at radius 2 is 1.88 bits per heavy atom. The lowest BCUT2D eigenvalue weighted by atomic mass is 10.0. The number of nitrogens with one attached hydrogen (secondary N) is 1. The first-order valence-corrected chi connectivity index (χ1v) is 5.58. The van der Waals surface area contributed by atoms with Gasteiger partial charge in [-0.1, -0.05) is 30.1 Å². The predicted molar refractivity (Wildman–Crippen MR) is 59.5 cm³/mol. The van der Waals surface area contributed by atoms with Gasteiger partial charge in [-0.2, -0.15) is 0 Å². The molecule has 0 fully saturated rings. The van der Waals surface area contributed by atoms with E-state index in [1.165, 1.54) is 0 Å². The lowest BCUT2D eigenvalue weighted by Gasteiger charge is -2.12. The van der Waals surface area contributed by atoms with E-state index < -0.39 is 28.4 Å². The zero-order valence-electron chi connectivity index (χ0n) is 8.70. The van der Waals surface area contributed by atoms with E-state index in [2.05, 4.69) is 5.32 Å². The summed E-state index contributed by atoms with van der Waals surface area (Å²) in [5, 5.41) is 11.0. The molecule has 16 heavy (non-hydrogen) atoms. The molecule has 92 valence electrons. The quantitative estimate of drug-likeness (QED) is 0.533. The number of halogens is 2. The third-order valence-electron chi connectivity index (χ3n) is 1.86. The van der Waals surface area contributed by atoms with E-state index in [4.69, 9.17) is 28.3 Å². The SMILES string of the molecule is CCCC(=O)C(CNC(=O)C(Cl)Cl)C(=O)O. The van der Waals surface area contributed by atoms with Gasteiger partial charge in [0.1, 0.15) is 11.7 Å². The number of amides is 1. The number of hydrogen-bond acceptors (Lipinski definition) is 3. The van der Waals surface area contributed by atoms with Crippen molar-refractivity contribution >= 4 is 40.9 Å². The van der Waals surface area contributed by atoms with Crippen LogP contribution in [0.5, 0.6) is 0 Å². The minimum absolute atomic E-state index is 0.165. The molecule has 0 aromatic carbocycles. The molecular formula is C9H13Cl2NO4. The summed E-state index contributed by atoms with van der Waals surface area (Å²) in [6.07, 6.45) is 0.724. The number of rotatable bonds is 7. The Kier molecular flexibility index (Phi) is 7.08. The summed E-state index contributed by atoms with van der Waals surface area (Å²) in [5.41, 5.74) is 0. The number of aliphatic carboxylic acids is 1. The zero-order chi connectivity index (χ0) is 12.7. The summed E-state index contributed by atoms with van der Waals surface area (Å²) in [7, 11) is 0. The fraction of sp³-hybridized carbons (Fsp3) is 0.667. The minimum atomic E-state index is -1.27. The lowest BCUT2D eigenvalue weighted by molar-refractivity contribution is -0.146. The maximum absolute atomic E-state index is 11.4. The van der Waals surface area contributed by atoms with Gasteiger partial charge in [0.05, 0.1) is 0 Å². The Bertz CT molecular complexity index is 281. The van der Waals surface area contributed by atoms with Crippen LogP contribution in [-0.4, -0.2) is 34.1 Å². The van der Waals surface area contributed by atoms with Crippen LogP contribution in [0.15, 0.2) is 0 Å². The Morgan fingerprint density at radius 1 is 1.31 bits per heavy atom. The summed E-state index contributed by atoms with van der Waals surface area (Å²) in [5.74, 6) is -3.63. The van der Waals surface area contributed by atoms with E-state index >= 15 is 0 Å². The first kappa shape index (κ1) is 15.2. The molecule has 2 N–H and O–H groups in total. The Hall–Kier alpha value is -0.810. The maximum Gasteiger partial charge on any atom is 0.315 e. The van der Waals surface area contributed by atoms with E-state index in [0.717, 1.165) is 0 Å². The van der Waals surface area contributed by atoms with E-state index in [0.29, 0.717) is 6.42 Å². The highest BCUT2D eigenvalue weighted by atomic mass is 35.5. The second kappa shape index (κ2) is 7.46. The van der Waals surface area contributed by atoms with Gasteiger partial charge < -0.3 is 10.4 Å². The predicted octanol–water partition coefficient (Wildman–Crippen LogP) is 0.976. The number of carboxylic acids is 1. The highest BCUT2D eigenvalue weighted by molar-refractivity contribution is 6.53. The normalized spacial score (nSPS) is 12.2. The fourth-order valence-electron chi connectivity index (χ4n) is 1.04. The molecule has 0 aliphatic rings. The van der Waals surface area contributed by atoms with Crippen LogP contribution in [0.1, 0.15) is 19.8 Å². The summed E-state index contributed by atoms with van der Waals surface area (Å²) >= 11 is 10.5. The average molecular weight is 270 g/mol. The largest absolute Gasteiger partial charge is 0.481 e. The molecule has 0 aromatic heterocycles. The van der Waals surface area contributed by atoms with Crippen molar-refractivity contribution in [2.45, 2.75) is 24.6 Å². The molecule has 0 aliphatic carbocycles. The molecule has 0 aromatic rings. The van der Waals surface area contributed by atoms with E-state index in [1.54, 1.807) is 6.92 Å². The van der Waals surface area contributed by atoms with Crippen molar-refractivity contribution in [1.29, 1.82) is 0 Å². The molecular weight excluding hydrogens is 257 g/mol. The van der Waals surface area contributed by atoms with Crippen molar-refractivity contribution in [1.82, 2.24) is 5.32 Å². The van der Waals surface area contributed by atoms with Gasteiger partial charge in [0.2, 0.25) is 0 Å². The monoisotopic (exact) mass is 269 g/mol. The van der Waals surface area contributed by atoms with Crippen LogP contribution < -0.4 is 5.32 Å². The average Bonchev–Trinajstić information content (AvgIpc) is 2.17. The minimum Gasteiger partial charge on any atom is -0.481 e. The highest BCUT2D eigenvalue weighted by Crippen LogP contribution is 2.05. The number of hydrogen-bond donors (Lipinski definition) is 2. The van der Waals surface area contributed by atoms with Crippen LogP contribution in [0.3, 0.4) is 0 Å². The molecule has 0 saturated heterocycles. The molecule has 7 heteroatoms. The second-order valence-corrected chi connectivity index (χ2v) is 4.25. The molecule has 1 unspecified atom stereocenters. The molecule has 0 bridgehead atoms. The third-order valence-corrected chi connectivity index (χ3v) is 2.26. The first-order valence-electron chi connectivity index (χ1n) is 4.71. The fourth-order valence-corrected chi connectivity index (χ4v) is 1.19. The molecule has 0 saturated carbocycles. The molecule has 1 amide bonds. The van der Waals surface area contributed by atoms with Crippen LogP contribution in [0.25, 0.3) is 0 Å². The van der Waals surface area contributed by atoms with Crippen molar-refractivity contribution in [2.24, 2.45) is 5.92 Å². The van der Waals surface area contributed by atoms with E-state index in [-0.39, 0.29) is 13.0 Å². The van der Waals surface area contributed by atoms with Gasteiger partial charge in [-0.25, -0.2) is 0 Å². The second-order valence-electron chi connectivity index (χ2n) is 3.15. The van der Waals surface area contributed by atoms with Gasteiger partial charge in [-0.05, 0) is 6.42 Å². The summed E-state index contributed by atoms with van der Waals surface area (Å²) in [4.78, 5) is 31.8. The summed E-state index contributed by atoms with van der Waals surface area (Å²) in [6, 6.07) is 0. The zero-order valence-corrected chi connectivity index (χ0v) is 10.2. The summed E-state index contributed by atoms with van der Waals surface area (Å²) in [6.45, 7) is 1.48. The smallest absolute Gasteiger partial charge is 0.315 e. The maximum atomic E-state index is 11.4.